The lowest BCUT2D eigenvalue weighted by molar-refractivity contribution is 0.204. The monoisotopic (exact) mass is 368 g/mol. The molecule has 0 atom stereocenters. The zero-order chi connectivity index (χ0) is 18.7. The van der Waals surface area contributed by atoms with Crippen LogP contribution in [0, 0.1) is 5.41 Å². The highest BCUT2D eigenvalue weighted by atomic mass is 15.5. The van der Waals surface area contributed by atoms with Crippen LogP contribution in [0.2, 0.25) is 0 Å². The van der Waals surface area contributed by atoms with Crippen LogP contribution in [0.1, 0.15) is 51.1 Å². The Morgan fingerprint density at radius 1 is 1.22 bits per heavy atom. The molecule has 0 bridgehead atoms. The molecule has 2 fully saturated rings. The van der Waals surface area contributed by atoms with Gasteiger partial charge in [-0.1, -0.05) is 13.5 Å². The first kappa shape index (κ1) is 18.0. The molecule has 2 aromatic heterocycles. The Balaban J connectivity index is 1.27. The summed E-state index contributed by atoms with van der Waals surface area (Å²) in [5.41, 5.74) is 2.69. The quantitative estimate of drug-likeness (QED) is 0.836. The lowest BCUT2D eigenvalue weighted by Gasteiger charge is -2.39. The Bertz CT molecular complexity index is 747. The standard InChI is InChI=1S/C19H28N8/c1-3-9-26-10-8-19(15(26)2)6-4-16(5-7-19)20-11-17-12-22-18(13-21-17)27-14-23-24-25-27/h12-14,16,20H,2-11H2,1H3. The van der Waals surface area contributed by atoms with Crippen molar-refractivity contribution in [1.29, 1.82) is 0 Å². The van der Waals surface area contributed by atoms with Gasteiger partial charge in [0.05, 0.1) is 18.1 Å². The lowest BCUT2D eigenvalue weighted by Crippen LogP contribution is -2.38. The fourth-order valence-electron chi connectivity index (χ4n) is 4.47. The Labute approximate surface area is 160 Å². The molecule has 1 aliphatic carbocycles. The van der Waals surface area contributed by atoms with Gasteiger partial charge >= 0.3 is 0 Å². The summed E-state index contributed by atoms with van der Waals surface area (Å²) in [6, 6.07) is 0.546. The van der Waals surface area contributed by atoms with Crippen molar-refractivity contribution in [3.05, 3.63) is 36.7 Å². The summed E-state index contributed by atoms with van der Waals surface area (Å²) in [4.78, 5) is 11.4. The van der Waals surface area contributed by atoms with Crippen molar-refractivity contribution in [3.8, 4) is 5.82 Å². The van der Waals surface area contributed by atoms with Crippen LogP contribution in [0.4, 0.5) is 0 Å². The van der Waals surface area contributed by atoms with E-state index in [0.29, 0.717) is 17.3 Å². The molecule has 1 saturated heterocycles. The number of tetrazole rings is 1. The van der Waals surface area contributed by atoms with Crippen LogP contribution in [-0.2, 0) is 6.54 Å². The van der Waals surface area contributed by atoms with Gasteiger partial charge in [0.2, 0.25) is 0 Å². The third-order valence-corrected chi connectivity index (χ3v) is 6.14. The molecule has 0 unspecified atom stereocenters. The van der Waals surface area contributed by atoms with Crippen LogP contribution in [0.25, 0.3) is 5.82 Å². The zero-order valence-corrected chi connectivity index (χ0v) is 16.0. The van der Waals surface area contributed by atoms with Gasteiger partial charge in [-0.25, -0.2) is 4.98 Å². The summed E-state index contributed by atoms with van der Waals surface area (Å²) in [6.07, 6.45) is 12.4. The maximum absolute atomic E-state index is 4.47. The van der Waals surface area contributed by atoms with Gasteiger partial charge in [-0.3, -0.25) is 4.98 Å². The van der Waals surface area contributed by atoms with E-state index in [9.17, 15) is 0 Å². The summed E-state index contributed by atoms with van der Waals surface area (Å²) in [5, 5.41) is 14.7. The van der Waals surface area contributed by atoms with Crippen molar-refractivity contribution in [1.82, 2.24) is 40.4 Å². The SMILES string of the molecule is C=C1N(CCC)CCC12CCC(NCc1cnc(-n3cnnn3)cn1)CC2. The molecule has 0 aromatic carbocycles. The summed E-state index contributed by atoms with van der Waals surface area (Å²) >= 11 is 0. The van der Waals surface area contributed by atoms with Gasteiger partial charge in [-0.15, -0.1) is 5.10 Å². The van der Waals surface area contributed by atoms with E-state index in [0.717, 1.165) is 18.8 Å². The van der Waals surface area contributed by atoms with E-state index in [-0.39, 0.29) is 0 Å². The highest BCUT2D eigenvalue weighted by molar-refractivity contribution is 5.17. The van der Waals surface area contributed by atoms with Crippen LogP contribution < -0.4 is 5.32 Å². The van der Waals surface area contributed by atoms with Gasteiger partial charge in [0.25, 0.3) is 0 Å². The minimum absolute atomic E-state index is 0.362. The first-order valence-corrected chi connectivity index (χ1v) is 9.92. The van der Waals surface area contributed by atoms with E-state index < -0.39 is 0 Å². The Morgan fingerprint density at radius 3 is 2.74 bits per heavy atom. The molecule has 1 saturated carbocycles. The Kier molecular flexibility index (Phi) is 5.15. The van der Waals surface area contributed by atoms with Gasteiger partial charge in [0.1, 0.15) is 6.33 Å². The van der Waals surface area contributed by atoms with E-state index in [1.165, 1.54) is 61.8 Å². The van der Waals surface area contributed by atoms with Gasteiger partial charge in [0.15, 0.2) is 5.82 Å². The molecule has 1 N–H and O–H groups in total. The van der Waals surface area contributed by atoms with E-state index in [1.54, 1.807) is 12.4 Å². The lowest BCUT2D eigenvalue weighted by atomic mass is 9.70. The number of rotatable bonds is 6. The molecule has 144 valence electrons. The normalized spacial score (nSPS) is 25.4. The molecule has 4 rings (SSSR count). The topological polar surface area (TPSA) is 84.7 Å². The van der Waals surface area contributed by atoms with Gasteiger partial charge in [-0.05, 0) is 49.0 Å². The van der Waals surface area contributed by atoms with Crippen LogP contribution in [-0.4, -0.2) is 54.2 Å². The summed E-state index contributed by atoms with van der Waals surface area (Å²) in [5.74, 6) is 0.625. The second kappa shape index (κ2) is 7.72. The zero-order valence-electron chi connectivity index (χ0n) is 16.0. The van der Waals surface area contributed by atoms with E-state index >= 15 is 0 Å². The van der Waals surface area contributed by atoms with Crippen LogP contribution in [0.5, 0.6) is 0 Å². The van der Waals surface area contributed by atoms with Crippen LogP contribution in [0.15, 0.2) is 31.0 Å². The number of hydrogen-bond acceptors (Lipinski definition) is 7. The van der Waals surface area contributed by atoms with Crippen molar-refractivity contribution < 1.29 is 0 Å². The fourth-order valence-corrected chi connectivity index (χ4v) is 4.47. The summed E-state index contributed by atoms with van der Waals surface area (Å²) in [7, 11) is 0. The number of nitrogens with one attached hydrogen (secondary N) is 1. The predicted molar refractivity (Wildman–Crippen MR) is 102 cm³/mol. The largest absolute Gasteiger partial charge is 0.375 e. The Morgan fingerprint density at radius 2 is 2.07 bits per heavy atom. The molecule has 27 heavy (non-hydrogen) atoms. The first-order chi connectivity index (χ1) is 13.2. The second-order valence-corrected chi connectivity index (χ2v) is 7.74. The molecule has 8 nitrogen and oxygen atoms in total. The highest BCUT2D eigenvalue weighted by Gasteiger charge is 2.43. The molecule has 1 spiro atoms. The smallest absolute Gasteiger partial charge is 0.175 e. The van der Waals surface area contributed by atoms with Crippen molar-refractivity contribution in [3.63, 3.8) is 0 Å². The van der Waals surface area contributed by atoms with E-state index in [2.05, 4.69) is 49.2 Å². The maximum atomic E-state index is 4.47. The molecule has 3 heterocycles. The molecule has 2 aliphatic rings. The number of allylic oxidation sites excluding steroid dienone is 1. The van der Waals surface area contributed by atoms with Crippen LogP contribution >= 0.6 is 0 Å². The molecular weight excluding hydrogens is 340 g/mol. The van der Waals surface area contributed by atoms with Crippen molar-refractivity contribution in [2.24, 2.45) is 5.41 Å². The number of aromatic nitrogens is 6. The minimum Gasteiger partial charge on any atom is -0.375 e. The maximum Gasteiger partial charge on any atom is 0.175 e. The predicted octanol–water partition coefficient (Wildman–Crippen LogP) is 2.10. The number of likely N-dealkylation sites (tertiary alicyclic amines) is 1. The van der Waals surface area contributed by atoms with Gasteiger partial charge in [0, 0.05) is 36.8 Å². The van der Waals surface area contributed by atoms with Crippen molar-refractivity contribution >= 4 is 0 Å². The van der Waals surface area contributed by atoms with E-state index in [1.807, 2.05) is 0 Å². The number of hydrogen-bond donors (Lipinski definition) is 1. The van der Waals surface area contributed by atoms with Crippen molar-refractivity contribution in [2.75, 3.05) is 13.1 Å². The third kappa shape index (κ3) is 3.71. The summed E-state index contributed by atoms with van der Waals surface area (Å²) < 4.78 is 1.50. The first-order valence-electron chi connectivity index (χ1n) is 9.92. The average Bonchev–Trinajstić information content (AvgIpc) is 3.34. The molecular formula is C19H28N8. The molecule has 0 radical (unpaired) electrons. The average molecular weight is 368 g/mol. The van der Waals surface area contributed by atoms with E-state index in [4.69, 9.17) is 0 Å². The molecule has 0 amide bonds. The molecule has 1 aliphatic heterocycles. The Hall–Kier alpha value is -2.35. The van der Waals surface area contributed by atoms with Crippen molar-refractivity contribution in [2.45, 2.75) is 58.0 Å². The van der Waals surface area contributed by atoms with Crippen LogP contribution in [0.3, 0.4) is 0 Å². The molecule has 2 aromatic rings. The third-order valence-electron chi connectivity index (χ3n) is 6.14. The molecule has 8 heteroatoms. The second-order valence-electron chi connectivity index (χ2n) is 7.74. The fraction of sp³-hybridized carbons (Fsp3) is 0.632. The number of nitrogens with zero attached hydrogens (tertiary/aromatic N) is 7. The summed E-state index contributed by atoms with van der Waals surface area (Å²) in [6.45, 7) is 9.78. The highest BCUT2D eigenvalue weighted by Crippen LogP contribution is 2.49. The van der Waals surface area contributed by atoms with Gasteiger partial charge < -0.3 is 10.2 Å². The minimum atomic E-state index is 0.362. The van der Waals surface area contributed by atoms with Gasteiger partial charge in [-0.2, -0.15) is 4.68 Å².